The molecule has 0 aliphatic heterocycles. The Morgan fingerprint density at radius 3 is 2.90 bits per heavy atom. The molecule has 1 aliphatic rings. The maximum atomic E-state index is 7.44. The van der Waals surface area contributed by atoms with Crippen LogP contribution in [0.3, 0.4) is 0 Å². The van der Waals surface area contributed by atoms with Crippen molar-refractivity contribution < 1.29 is 9.26 Å². The summed E-state index contributed by atoms with van der Waals surface area (Å²) >= 11 is 0. The van der Waals surface area contributed by atoms with E-state index in [4.69, 9.17) is 15.8 Å². The summed E-state index contributed by atoms with van der Waals surface area (Å²) in [6.07, 6.45) is 3.28. The van der Waals surface area contributed by atoms with Gasteiger partial charge in [-0.25, -0.2) is 4.85 Å². The molecule has 6 nitrogen and oxygen atoms in total. The summed E-state index contributed by atoms with van der Waals surface area (Å²) in [5.41, 5.74) is 4.76. The molecule has 3 aromatic rings. The fraction of sp³-hybridized carbons (Fsp3) is 0.348. The molecule has 1 N–H and O–H groups in total. The minimum absolute atomic E-state index is 0.00190. The Morgan fingerprint density at radius 1 is 1.28 bits per heavy atom. The number of aromatic nitrogens is 2. The van der Waals surface area contributed by atoms with E-state index in [1.54, 1.807) is 12.1 Å². The molecule has 0 saturated carbocycles. The van der Waals surface area contributed by atoms with Crippen LogP contribution in [0.5, 0.6) is 5.75 Å². The number of hydrogen-bond acceptors (Lipinski definition) is 5. The molecule has 0 saturated heterocycles. The van der Waals surface area contributed by atoms with Gasteiger partial charge in [0.05, 0.1) is 12.7 Å². The standard InChI is InChI=1S/C23H24N4O2/c1-14(2)28-21-12-11-15(13-20(21)25-4)23-26-22(27-29-23)18-9-5-8-17-16(18)7-6-10-19(17)24-3/h5,8-9,11-14,19,24H,6-7,10H2,1-3H3/t19-/m0/s1. The van der Waals surface area contributed by atoms with Crippen LogP contribution in [0.25, 0.3) is 27.7 Å². The van der Waals surface area contributed by atoms with E-state index in [0.29, 0.717) is 34.8 Å². The smallest absolute Gasteiger partial charge is 0.256 e. The summed E-state index contributed by atoms with van der Waals surface area (Å²) in [7, 11) is 2.00. The van der Waals surface area contributed by atoms with Crippen molar-refractivity contribution in [1.29, 1.82) is 0 Å². The number of hydrogen-bond donors (Lipinski definition) is 1. The van der Waals surface area contributed by atoms with Gasteiger partial charge in [0.2, 0.25) is 11.5 Å². The third kappa shape index (κ3) is 3.74. The molecule has 0 fully saturated rings. The number of ether oxygens (including phenoxy) is 1. The highest BCUT2D eigenvalue weighted by Crippen LogP contribution is 2.37. The Labute approximate surface area is 170 Å². The number of nitrogens with zero attached hydrogens (tertiary/aromatic N) is 3. The molecule has 148 valence electrons. The van der Waals surface area contributed by atoms with Crippen molar-refractivity contribution in [3.8, 4) is 28.6 Å². The Balaban J connectivity index is 1.69. The number of rotatable bonds is 5. The first kappa shape index (κ1) is 19.2. The molecule has 0 radical (unpaired) electrons. The van der Waals surface area contributed by atoms with Crippen LogP contribution in [0, 0.1) is 6.57 Å². The molecule has 1 aromatic heterocycles. The second kappa shape index (κ2) is 8.06. The third-order valence-electron chi connectivity index (χ3n) is 5.21. The minimum atomic E-state index is 0.00190. The van der Waals surface area contributed by atoms with Crippen LogP contribution in [-0.4, -0.2) is 23.3 Å². The van der Waals surface area contributed by atoms with Gasteiger partial charge in [-0.15, -0.1) is 0 Å². The Bertz CT molecular complexity index is 1060. The van der Waals surface area contributed by atoms with E-state index in [1.807, 2.05) is 27.0 Å². The molecule has 2 aromatic carbocycles. The molecule has 0 bridgehead atoms. The second-order valence-corrected chi connectivity index (χ2v) is 7.49. The SMILES string of the molecule is [C-]#[N+]c1cc(-c2nc(-c3cccc4c3CCC[C@@H]4NC)no2)ccc1OC(C)C. The van der Waals surface area contributed by atoms with E-state index in [9.17, 15) is 0 Å². The fourth-order valence-electron chi connectivity index (χ4n) is 3.90. The summed E-state index contributed by atoms with van der Waals surface area (Å²) in [5, 5.41) is 7.63. The minimum Gasteiger partial charge on any atom is -0.502 e. The predicted octanol–water partition coefficient (Wildman–Crippen LogP) is 5.34. The number of nitrogens with one attached hydrogen (secondary N) is 1. The van der Waals surface area contributed by atoms with Crippen LogP contribution < -0.4 is 10.1 Å². The number of benzene rings is 2. The van der Waals surface area contributed by atoms with Gasteiger partial charge >= 0.3 is 0 Å². The largest absolute Gasteiger partial charge is 0.502 e. The topological polar surface area (TPSA) is 64.5 Å². The fourth-order valence-corrected chi connectivity index (χ4v) is 3.90. The quantitative estimate of drug-likeness (QED) is 0.598. The molecule has 4 rings (SSSR count). The molecule has 1 aliphatic carbocycles. The summed E-state index contributed by atoms with van der Waals surface area (Å²) in [6, 6.07) is 12.0. The van der Waals surface area contributed by atoms with Gasteiger partial charge in [0, 0.05) is 17.2 Å². The highest BCUT2D eigenvalue weighted by atomic mass is 16.5. The zero-order valence-electron chi connectivity index (χ0n) is 16.9. The van der Waals surface area contributed by atoms with Crippen molar-refractivity contribution in [3.05, 3.63) is 58.9 Å². The number of fused-ring (bicyclic) bond motifs is 1. The van der Waals surface area contributed by atoms with Gasteiger partial charge in [-0.3, -0.25) is 0 Å². The monoisotopic (exact) mass is 388 g/mol. The lowest BCUT2D eigenvalue weighted by atomic mass is 9.85. The van der Waals surface area contributed by atoms with Crippen molar-refractivity contribution in [2.24, 2.45) is 0 Å². The van der Waals surface area contributed by atoms with Gasteiger partial charge in [0.1, 0.15) is 5.75 Å². The predicted molar refractivity (Wildman–Crippen MR) is 112 cm³/mol. The first-order valence-corrected chi connectivity index (χ1v) is 9.92. The normalized spacial score (nSPS) is 15.8. The molecule has 0 unspecified atom stereocenters. The highest BCUT2D eigenvalue weighted by molar-refractivity contribution is 5.70. The average Bonchev–Trinajstić information content (AvgIpc) is 3.22. The van der Waals surface area contributed by atoms with Crippen LogP contribution in [0.2, 0.25) is 0 Å². The van der Waals surface area contributed by atoms with Gasteiger partial charge < -0.3 is 14.6 Å². The van der Waals surface area contributed by atoms with Crippen LogP contribution in [0.4, 0.5) is 5.69 Å². The van der Waals surface area contributed by atoms with Crippen molar-refractivity contribution in [2.75, 3.05) is 7.05 Å². The van der Waals surface area contributed by atoms with Crippen molar-refractivity contribution in [1.82, 2.24) is 15.5 Å². The van der Waals surface area contributed by atoms with E-state index in [-0.39, 0.29) is 6.10 Å². The van der Waals surface area contributed by atoms with Crippen LogP contribution in [-0.2, 0) is 6.42 Å². The van der Waals surface area contributed by atoms with E-state index in [2.05, 4.69) is 38.5 Å². The molecular formula is C23H24N4O2. The Hall–Kier alpha value is -3.17. The van der Waals surface area contributed by atoms with Crippen molar-refractivity contribution >= 4 is 5.69 Å². The molecule has 6 heteroatoms. The first-order chi connectivity index (χ1) is 14.1. The van der Waals surface area contributed by atoms with Gasteiger partial charge in [-0.1, -0.05) is 23.4 Å². The second-order valence-electron chi connectivity index (χ2n) is 7.49. The van der Waals surface area contributed by atoms with Crippen LogP contribution in [0.1, 0.15) is 43.9 Å². The maximum absolute atomic E-state index is 7.44. The van der Waals surface area contributed by atoms with Gasteiger partial charge in [0.25, 0.3) is 5.89 Å². The highest BCUT2D eigenvalue weighted by Gasteiger charge is 2.23. The van der Waals surface area contributed by atoms with E-state index < -0.39 is 0 Å². The van der Waals surface area contributed by atoms with E-state index in [1.165, 1.54) is 11.1 Å². The molecular weight excluding hydrogens is 364 g/mol. The molecule has 1 atom stereocenters. The Morgan fingerprint density at radius 2 is 2.14 bits per heavy atom. The summed E-state index contributed by atoms with van der Waals surface area (Å²) < 4.78 is 11.2. The third-order valence-corrected chi connectivity index (χ3v) is 5.21. The van der Waals surface area contributed by atoms with Gasteiger partial charge in [-0.2, -0.15) is 4.98 Å². The lowest BCUT2D eigenvalue weighted by molar-refractivity contribution is 0.244. The summed E-state index contributed by atoms with van der Waals surface area (Å²) in [5.74, 6) is 1.55. The van der Waals surface area contributed by atoms with Crippen molar-refractivity contribution in [3.63, 3.8) is 0 Å². The van der Waals surface area contributed by atoms with Crippen molar-refractivity contribution in [2.45, 2.75) is 45.3 Å². The average molecular weight is 388 g/mol. The first-order valence-electron chi connectivity index (χ1n) is 9.92. The summed E-state index contributed by atoms with van der Waals surface area (Å²) in [4.78, 5) is 8.21. The molecule has 1 heterocycles. The van der Waals surface area contributed by atoms with E-state index in [0.717, 1.165) is 24.8 Å². The summed E-state index contributed by atoms with van der Waals surface area (Å²) in [6.45, 7) is 11.3. The maximum Gasteiger partial charge on any atom is 0.256 e. The zero-order valence-corrected chi connectivity index (χ0v) is 16.9. The lowest BCUT2D eigenvalue weighted by Gasteiger charge is -2.26. The Kier molecular flexibility index (Phi) is 5.32. The van der Waals surface area contributed by atoms with Gasteiger partial charge in [0.15, 0.2) is 0 Å². The van der Waals surface area contributed by atoms with Crippen LogP contribution in [0.15, 0.2) is 40.9 Å². The molecule has 0 amide bonds. The van der Waals surface area contributed by atoms with Crippen LogP contribution >= 0.6 is 0 Å². The molecule has 0 spiro atoms. The molecule has 29 heavy (non-hydrogen) atoms. The zero-order chi connectivity index (χ0) is 20.4. The lowest BCUT2D eigenvalue weighted by Crippen LogP contribution is -2.22. The van der Waals surface area contributed by atoms with E-state index >= 15 is 0 Å². The van der Waals surface area contributed by atoms with Gasteiger partial charge in [-0.05, 0) is 69.5 Å².